The predicted octanol–water partition coefficient (Wildman–Crippen LogP) is 0.866. The first-order valence-corrected chi connectivity index (χ1v) is 3.43. The molecule has 0 amide bonds. The summed E-state index contributed by atoms with van der Waals surface area (Å²) in [4.78, 5) is 21.0. The van der Waals surface area contributed by atoms with Gasteiger partial charge in [-0.25, -0.2) is 0 Å². The highest BCUT2D eigenvalue weighted by Crippen LogP contribution is 2.02. The lowest BCUT2D eigenvalue weighted by molar-refractivity contribution is -0.140. The van der Waals surface area contributed by atoms with Crippen molar-refractivity contribution in [3.05, 3.63) is 24.2 Å². The van der Waals surface area contributed by atoms with E-state index in [2.05, 4.69) is 0 Å². The van der Waals surface area contributed by atoms with Crippen LogP contribution in [0.15, 0.2) is 23.0 Å². The number of carboxylic acids is 1. The van der Waals surface area contributed by atoms with Gasteiger partial charge in [0.1, 0.15) is 12.2 Å². The van der Waals surface area contributed by atoms with E-state index in [1.54, 1.807) is 6.07 Å². The van der Waals surface area contributed by atoms with Crippen molar-refractivity contribution in [1.29, 1.82) is 0 Å². The van der Waals surface area contributed by atoms with Gasteiger partial charge in [-0.15, -0.1) is 0 Å². The Morgan fingerprint density at radius 3 is 2.75 bits per heavy atom. The molecular weight excluding hydrogens is 160 g/mol. The number of hydrogen-bond donors (Lipinski definition) is 1. The molecule has 1 aromatic rings. The summed E-state index contributed by atoms with van der Waals surface area (Å²) in [5, 5.41) is 8.27. The first kappa shape index (κ1) is 8.52. The lowest BCUT2D eigenvalue weighted by Crippen LogP contribution is -2.08. The quantitative estimate of drug-likeness (QED) is 0.677. The second-order valence-electron chi connectivity index (χ2n) is 2.42. The molecule has 0 unspecified atom stereocenters. The van der Waals surface area contributed by atoms with E-state index in [1.165, 1.54) is 12.5 Å². The van der Waals surface area contributed by atoms with Crippen LogP contribution < -0.4 is 0 Å². The standard InChI is InChI=1S/C8H8O4/c9-7(4-8(10)11)3-6-1-2-12-5-6/h1-2,5H,3-4H2,(H,10,11). The third kappa shape index (κ3) is 2.57. The molecule has 1 rings (SSSR count). The molecule has 0 aromatic carbocycles. The Balaban J connectivity index is 2.42. The fourth-order valence-electron chi connectivity index (χ4n) is 0.852. The van der Waals surface area contributed by atoms with Crippen molar-refractivity contribution < 1.29 is 19.1 Å². The van der Waals surface area contributed by atoms with E-state index in [0.717, 1.165) is 0 Å². The van der Waals surface area contributed by atoms with Gasteiger partial charge in [-0.3, -0.25) is 9.59 Å². The van der Waals surface area contributed by atoms with Gasteiger partial charge in [-0.05, 0) is 11.6 Å². The maximum atomic E-state index is 10.9. The lowest BCUT2D eigenvalue weighted by Gasteiger charge is -1.92. The molecule has 4 heteroatoms. The van der Waals surface area contributed by atoms with Gasteiger partial charge in [0.15, 0.2) is 0 Å². The largest absolute Gasteiger partial charge is 0.481 e. The van der Waals surface area contributed by atoms with Gasteiger partial charge < -0.3 is 9.52 Å². The molecule has 1 heterocycles. The van der Waals surface area contributed by atoms with Crippen molar-refractivity contribution in [2.24, 2.45) is 0 Å². The Morgan fingerprint density at radius 2 is 2.25 bits per heavy atom. The zero-order chi connectivity index (χ0) is 8.97. The molecule has 12 heavy (non-hydrogen) atoms. The van der Waals surface area contributed by atoms with Gasteiger partial charge in [-0.1, -0.05) is 0 Å². The zero-order valence-electron chi connectivity index (χ0n) is 6.32. The summed E-state index contributed by atoms with van der Waals surface area (Å²) in [6.07, 6.45) is 2.58. The Bertz CT molecular complexity index is 273. The smallest absolute Gasteiger partial charge is 0.310 e. The number of carbonyl (C=O) groups excluding carboxylic acids is 1. The summed E-state index contributed by atoms with van der Waals surface area (Å²) in [5.41, 5.74) is 0.709. The Labute approximate surface area is 68.8 Å². The summed E-state index contributed by atoms with van der Waals surface area (Å²) in [6, 6.07) is 1.64. The Kier molecular flexibility index (Phi) is 2.63. The van der Waals surface area contributed by atoms with Crippen molar-refractivity contribution >= 4 is 11.8 Å². The minimum absolute atomic E-state index is 0.128. The van der Waals surface area contributed by atoms with E-state index in [4.69, 9.17) is 9.52 Å². The number of carboxylic acid groups (broad SMARTS) is 1. The van der Waals surface area contributed by atoms with E-state index in [-0.39, 0.29) is 12.2 Å². The number of carbonyl (C=O) groups is 2. The molecule has 0 aliphatic heterocycles. The Hall–Kier alpha value is -1.58. The maximum Gasteiger partial charge on any atom is 0.310 e. The fraction of sp³-hybridized carbons (Fsp3) is 0.250. The van der Waals surface area contributed by atoms with Gasteiger partial charge in [0.05, 0.1) is 12.5 Å². The molecule has 0 aliphatic carbocycles. The van der Waals surface area contributed by atoms with Gasteiger partial charge in [0.2, 0.25) is 0 Å². The lowest BCUT2D eigenvalue weighted by atomic mass is 10.1. The molecule has 64 valence electrons. The third-order valence-electron chi connectivity index (χ3n) is 1.33. The molecule has 0 aliphatic rings. The highest BCUT2D eigenvalue weighted by Gasteiger charge is 2.08. The number of Topliss-reactive ketones (excluding diaryl/α,β-unsaturated/α-hetero) is 1. The molecular formula is C8H8O4. The second kappa shape index (κ2) is 3.71. The number of rotatable bonds is 4. The summed E-state index contributed by atoms with van der Waals surface area (Å²) >= 11 is 0. The van der Waals surface area contributed by atoms with E-state index in [0.29, 0.717) is 5.56 Å². The molecule has 0 saturated carbocycles. The van der Waals surface area contributed by atoms with E-state index >= 15 is 0 Å². The first-order chi connectivity index (χ1) is 5.68. The molecule has 1 aromatic heterocycles. The van der Waals surface area contributed by atoms with Crippen molar-refractivity contribution in [1.82, 2.24) is 0 Å². The summed E-state index contributed by atoms with van der Waals surface area (Å²) in [6.45, 7) is 0. The SMILES string of the molecule is O=C(O)CC(=O)Cc1ccoc1. The minimum atomic E-state index is -1.09. The van der Waals surface area contributed by atoms with E-state index in [1.807, 2.05) is 0 Å². The Morgan fingerprint density at radius 1 is 1.50 bits per heavy atom. The average molecular weight is 168 g/mol. The molecule has 0 bridgehead atoms. The van der Waals surface area contributed by atoms with Crippen LogP contribution in [0.1, 0.15) is 12.0 Å². The second-order valence-corrected chi connectivity index (χ2v) is 2.42. The van der Waals surface area contributed by atoms with Crippen molar-refractivity contribution in [2.45, 2.75) is 12.8 Å². The van der Waals surface area contributed by atoms with Crippen LogP contribution >= 0.6 is 0 Å². The van der Waals surface area contributed by atoms with Crippen molar-refractivity contribution in [3.8, 4) is 0 Å². The molecule has 0 saturated heterocycles. The molecule has 0 fully saturated rings. The van der Waals surface area contributed by atoms with E-state index in [9.17, 15) is 9.59 Å². The molecule has 0 spiro atoms. The van der Waals surface area contributed by atoms with Crippen molar-refractivity contribution in [2.75, 3.05) is 0 Å². The van der Waals surface area contributed by atoms with Crippen LogP contribution in [0.4, 0.5) is 0 Å². The summed E-state index contributed by atoms with van der Waals surface area (Å²) in [7, 11) is 0. The fourth-order valence-corrected chi connectivity index (χ4v) is 0.852. The van der Waals surface area contributed by atoms with Gasteiger partial charge in [0.25, 0.3) is 0 Å². The third-order valence-corrected chi connectivity index (χ3v) is 1.33. The average Bonchev–Trinajstić information content (AvgIpc) is 2.37. The molecule has 0 radical (unpaired) electrons. The highest BCUT2D eigenvalue weighted by atomic mass is 16.4. The van der Waals surface area contributed by atoms with Crippen LogP contribution in [-0.2, 0) is 16.0 Å². The van der Waals surface area contributed by atoms with E-state index < -0.39 is 12.4 Å². The van der Waals surface area contributed by atoms with Crippen LogP contribution in [0.25, 0.3) is 0 Å². The highest BCUT2D eigenvalue weighted by molar-refractivity contribution is 5.95. The topological polar surface area (TPSA) is 67.5 Å². The molecule has 1 N–H and O–H groups in total. The number of ketones is 1. The van der Waals surface area contributed by atoms with Crippen LogP contribution in [0.5, 0.6) is 0 Å². The first-order valence-electron chi connectivity index (χ1n) is 3.43. The summed E-state index contributed by atoms with van der Waals surface area (Å²) < 4.78 is 4.72. The van der Waals surface area contributed by atoms with Crippen LogP contribution in [-0.4, -0.2) is 16.9 Å². The minimum Gasteiger partial charge on any atom is -0.481 e. The van der Waals surface area contributed by atoms with Gasteiger partial charge >= 0.3 is 5.97 Å². The number of aliphatic carboxylic acids is 1. The normalized spacial score (nSPS) is 9.67. The maximum absolute atomic E-state index is 10.9. The monoisotopic (exact) mass is 168 g/mol. The van der Waals surface area contributed by atoms with Crippen LogP contribution in [0.3, 0.4) is 0 Å². The van der Waals surface area contributed by atoms with Crippen LogP contribution in [0.2, 0.25) is 0 Å². The predicted molar refractivity (Wildman–Crippen MR) is 39.7 cm³/mol. The van der Waals surface area contributed by atoms with Crippen molar-refractivity contribution in [3.63, 3.8) is 0 Å². The number of hydrogen-bond acceptors (Lipinski definition) is 3. The molecule has 0 atom stereocenters. The number of furan rings is 1. The van der Waals surface area contributed by atoms with Crippen LogP contribution in [0, 0.1) is 0 Å². The van der Waals surface area contributed by atoms with Gasteiger partial charge in [0, 0.05) is 6.42 Å². The summed E-state index contributed by atoms with van der Waals surface area (Å²) in [5.74, 6) is -1.41. The zero-order valence-corrected chi connectivity index (χ0v) is 6.32. The molecule has 4 nitrogen and oxygen atoms in total. The van der Waals surface area contributed by atoms with Gasteiger partial charge in [-0.2, -0.15) is 0 Å².